The maximum Gasteiger partial charge on any atom is 0.253 e. The molecule has 0 aromatic heterocycles. The molecule has 1 atom stereocenters. The first kappa shape index (κ1) is 12.4. The Morgan fingerprint density at radius 1 is 1.47 bits per heavy atom. The highest BCUT2D eigenvalue weighted by Crippen LogP contribution is 2.22. The highest BCUT2D eigenvalue weighted by molar-refractivity contribution is 8.00. The number of amides is 1. The Labute approximate surface area is 105 Å². The highest BCUT2D eigenvalue weighted by atomic mass is 32.2. The van der Waals surface area contributed by atoms with Crippen LogP contribution in [0.1, 0.15) is 23.7 Å². The summed E-state index contributed by atoms with van der Waals surface area (Å²) >= 11 is 1.93. The second kappa shape index (κ2) is 5.54. The lowest BCUT2D eigenvalue weighted by molar-refractivity contribution is 0.0761. The fourth-order valence-electron chi connectivity index (χ4n) is 1.93. The number of benzene rings is 1. The van der Waals surface area contributed by atoms with Crippen molar-refractivity contribution in [3.8, 4) is 0 Å². The maximum absolute atomic E-state index is 12.8. The molecular weight excluding hydrogens is 237 g/mol. The summed E-state index contributed by atoms with van der Waals surface area (Å²) < 4.78 is 12.8. The van der Waals surface area contributed by atoms with E-state index >= 15 is 0 Å². The van der Waals surface area contributed by atoms with E-state index in [1.54, 1.807) is 12.1 Å². The molecule has 17 heavy (non-hydrogen) atoms. The van der Waals surface area contributed by atoms with Gasteiger partial charge in [-0.15, -0.1) is 0 Å². The van der Waals surface area contributed by atoms with Gasteiger partial charge < -0.3 is 4.90 Å². The summed E-state index contributed by atoms with van der Waals surface area (Å²) in [6.45, 7) is 3.73. The molecule has 1 unspecified atom stereocenters. The molecule has 1 aliphatic heterocycles. The van der Waals surface area contributed by atoms with E-state index in [1.165, 1.54) is 12.1 Å². The Bertz CT molecular complexity index is 393. The van der Waals surface area contributed by atoms with Gasteiger partial charge in [0.15, 0.2) is 0 Å². The van der Waals surface area contributed by atoms with Crippen LogP contribution in [-0.2, 0) is 0 Å². The van der Waals surface area contributed by atoms with E-state index in [-0.39, 0.29) is 11.7 Å². The zero-order chi connectivity index (χ0) is 12.3. The molecule has 1 heterocycles. The van der Waals surface area contributed by atoms with Gasteiger partial charge in [0.2, 0.25) is 0 Å². The van der Waals surface area contributed by atoms with Crippen LogP contribution in [0.25, 0.3) is 0 Å². The number of thioether (sulfide) groups is 1. The van der Waals surface area contributed by atoms with Gasteiger partial charge in [0, 0.05) is 29.7 Å². The Hall–Kier alpha value is -1.03. The van der Waals surface area contributed by atoms with Crippen LogP contribution in [-0.4, -0.2) is 34.9 Å². The summed E-state index contributed by atoms with van der Waals surface area (Å²) in [5.74, 6) is 0.705. The molecule has 0 radical (unpaired) electrons. The predicted octanol–water partition coefficient (Wildman–Crippen LogP) is 2.79. The van der Waals surface area contributed by atoms with Crippen molar-refractivity contribution < 1.29 is 9.18 Å². The summed E-state index contributed by atoms with van der Waals surface area (Å²) in [4.78, 5) is 14.0. The highest BCUT2D eigenvalue weighted by Gasteiger charge is 2.23. The van der Waals surface area contributed by atoms with Crippen molar-refractivity contribution in [2.45, 2.75) is 18.6 Å². The number of halogens is 1. The molecule has 1 fully saturated rings. The van der Waals surface area contributed by atoms with E-state index in [2.05, 4.69) is 6.92 Å². The van der Waals surface area contributed by atoms with E-state index in [0.717, 1.165) is 25.3 Å². The van der Waals surface area contributed by atoms with E-state index in [1.807, 2.05) is 16.7 Å². The Balaban J connectivity index is 2.06. The standard InChI is InChI=1S/C13H16FNOS/c1-2-12-9-15(7-8-17-12)13(16)10-3-5-11(14)6-4-10/h3-6,12H,2,7-9H2,1H3. The van der Waals surface area contributed by atoms with Crippen molar-refractivity contribution in [3.63, 3.8) is 0 Å². The molecule has 0 aliphatic carbocycles. The fourth-order valence-corrected chi connectivity index (χ4v) is 3.11. The molecule has 1 aliphatic rings. The Morgan fingerprint density at radius 3 is 2.82 bits per heavy atom. The van der Waals surface area contributed by atoms with Gasteiger partial charge in [-0.25, -0.2) is 4.39 Å². The van der Waals surface area contributed by atoms with Gasteiger partial charge in [0.25, 0.3) is 5.91 Å². The Morgan fingerprint density at radius 2 is 2.18 bits per heavy atom. The number of rotatable bonds is 2. The van der Waals surface area contributed by atoms with Gasteiger partial charge in [-0.1, -0.05) is 6.92 Å². The van der Waals surface area contributed by atoms with Crippen molar-refractivity contribution in [2.75, 3.05) is 18.8 Å². The third-order valence-electron chi connectivity index (χ3n) is 2.97. The van der Waals surface area contributed by atoms with Crippen molar-refractivity contribution in [3.05, 3.63) is 35.6 Å². The number of hydrogen-bond donors (Lipinski definition) is 0. The normalized spacial score (nSPS) is 20.4. The third kappa shape index (κ3) is 3.00. The van der Waals surface area contributed by atoms with E-state index in [4.69, 9.17) is 0 Å². The zero-order valence-electron chi connectivity index (χ0n) is 9.86. The minimum Gasteiger partial charge on any atom is -0.337 e. The van der Waals surface area contributed by atoms with Gasteiger partial charge in [0.1, 0.15) is 5.82 Å². The number of hydrogen-bond acceptors (Lipinski definition) is 2. The van der Waals surface area contributed by atoms with Crippen molar-refractivity contribution in [1.82, 2.24) is 4.90 Å². The maximum atomic E-state index is 12.8. The van der Waals surface area contributed by atoms with Crippen LogP contribution >= 0.6 is 11.8 Å². The summed E-state index contributed by atoms with van der Waals surface area (Å²) in [6, 6.07) is 5.78. The molecule has 1 aromatic rings. The lowest BCUT2D eigenvalue weighted by Crippen LogP contribution is -2.41. The monoisotopic (exact) mass is 253 g/mol. The molecule has 0 spiro atoms. The van der Waals surface area contributed by atoms with E-state index in [0.29, 0.717) is 10.8 Å². The van der Waals surface area contributed by atoms with Gasteiger partial charge in [0.05, 0.1) is 0 Å². The molecule has 1 amide bonds. The molecule has 92 valence electrons. The second-order valence-electron chi connectivity index (χ2n) is 4.16. The van der Waals surface area contributed by atoms with Gasteiger partial charge in [-0.05, 0) is 30.7 Å². The summed E-state index contributed by atoms with van der Waals surface area (Å²) in [7, 11) is 0. The fraction of sp³-hybridized carbons (Fsp3) is 0.462. The average Bonchev–Trinajstić information content (AvgIpc) is 2.39. The Kier molecular flexibility index (Phi) is 4.05. The molecule has 1 aromatic carbocycles. The first-order valence-electron chi connectivity index (χ1n) is 5.87. The molecule has 1 saturated heterocycles. The van der Waals surface area contributed by atoms with Crippen LogP contribution in [0.5, 0.6) is 0 Å². The van der Waals surface area contributed by atoms with E-state index in [9.17, 15) is 9.18 Å². The largest absolute Gasteiger partial charge is 0.337 e. The average molecular weight is 253 g/mol. The topological polar surface area (TPSA) is 20.3 Å². The van der Waals surface area contributed by atoms with Crippen molar-refractivity contribution in [1.29, 1.82) is 0 Å². The summed E-state index contributed by atoms with van der Waals surface area (Å²) in [5, 5.41) is 0.535. The van der Waals surface area contributed by atoms with E-state index < -0.39 is 0 Å². The molecule has 4 heteroatoms. The predicted molar refractivity (Wildman–Crippen MR) is 68.8 cm³/mol. The van der Waals surface area contributed by atoms with Crippen LogP contribution in [0.4, 0.5) is 4.39 Å². The number of carbonyl (C=O) groups excluding carboxylic acids is 1. The first-order chi connectivity index (χ1) is 8.20. The number of carbonyl (C=O) groups is 1. The van der Waals surface area contributed by atoms with Gasteiger partial charge >= 0.3 is 0 Å². The molecule has 0 saturated carbocycles. The van der Waals surface area contributed by atoms with Crippen molar-refractivity contribution >= 4 is 17.7 Å². The molecule has 2 nitrogen and oxygen atoms in total. The smallest absolute Gasteiger partial charge is 0.253 e. The first-order valence-corrected chi connectivity index (χ1v) is 6.92. The lowest BCUT2D eigenvalue weighted by atomic mass is 10.2. The quantitative estimate of drug-likeness (QED) is 0.807. The number of nitrogens with zero attached hydrogens (tertiary/aromatic N) is 1. The van der Waals surface area contributed by atoms with Crippen LogP contribution in [0.2, 0.25) is 0 Å². The second-order valence-corrected chi connectivity index (χ2v) is 5.57. The van der Waals surface area contributed by atoms with Gasteiger partial charge in [-0.3, -0.25) is 4.79 Å². The lowest BCUT2D eigenvalue weighted by Gasteiger charge is -2.32. The molecule has 2 rings (SSSR count). The summed E-state index contributed by atoms with van der Waals surface area (Å²) in [6.07, 6.45) is 1.08. The summed E-state index contributed by atoms with van der Waals surface area (Å²) in [5.41, 5.74) is 0.577. The van der Waals surface area contributed by atoms with Crippen LogP contribution in [0.3, 0.4) is 0 Å². The minimum atomic E-state index is -0.304. The minimum absolute atomic E-state index is 0.0174. The van der Waals surface area contributed by atoms with Gasteiger partial charge in [-0.2, -0.15) is 11.8 Å². The van der Waals surface area contributed by atoms with Crippen LogP contribution in [0.15, 0.2) is 24.3 Å². The molecule has 0 N–H and O–H groups in total. The SMILES string of the molecule is CCC1CN(C(=O)c2ccc(F)cc2)CCS1. The molecular formula is C13H16FNOS. The van der Waals surface area contributed by atoms with Crippen LogP contribution < -0.4 is 0 Å². The third-order valence-corrected chi connectivity index (χ3v) is 4.34. The molecule has 0 bridgehead atoms. The van der Waals surface area contributed by atoms with Crippen molar-refractivity contribution in [2.24, 2.45) is 0 Å². The zero-order valence-corrected chi connectivity index (χ0v) is 10.7. The van der Waals surface area contributed by atoms with Crippen LogP contribution in [0, 0.1) is 5.82 Å².